The Hall–Kier alpha value is -2.11. The molecule has 0 spiro atoms. The molecule has 0 aliphatic carbocycles. The topological polar surface area (TPSA) is 67.1 Å². The first-order valence-electron chi connectivity index (χ1n) is 6.86. The standard InChI is InChI=1S/C14H21N5O/c1-5-10-8-13(17-14(16-10)19(3)4)15-9-12-7-11(6-2)18-20-12/h7-8H,5-6,9H2,1-4H3,(H,15,16,17). The molecule has 0 bridgehead atoms. The van der Waals surface area contributed by atoms with Gasteiger partial charge < -0.3 is 14.7 Å². The highest BCUT2D eigenvalue weighted by Gasteiger charge is 2.07. The summed E-state index contributed by atoms with van der Waals surface area (Å²) >= 11 is 0. The molecule has 0 fully saturated rings. The van der Waals surface area contributed by atoms with E-state index in [1.807, 2.05) is 31.1 Å². The van der Waals surface area contributed by atoms with E-state index in [1.165, 1.54) is 0 Å². The van der Waals surface area contributed by atoms with Crippen molar-refractivity contribution in [3.05, 3.63) is 29.3 Å². The average Bonchev–Trinajstić information content (AvgIpc) is 2.92. The molecule has 0 saturated carbocycles. The molecule has 2 heterocycles. The molecule has 0 saturated heterocycles. The number of nitrogens with one attached hydrogen (secondary N) is 1. The van der Waals surface area contributed by atoms with Crippen molar-refractivity contribution in [3.63, 3.8) is 0 Å². The minimum Gasteiger partial charge on any atom is -0.363 e. The van der Waals surface area contributed by atoms with Gasteiger partial charge in [-0.1, -0.05) is 19.0 Å². The predicted molar refractivity (Wildman–Crippen MR) is 78.9 cm³/mol. The summed E-state index contributed by atoms with van der Waals surface area (Å²) in [4.78, 5) is 10.8. The molecule has 0 aliphatic rings. The van der Waals surface area contributed by atoms with Crippen LogP contribution < -0.4 is 10.2 Å². The minimum absolute atomic E-state index is 0.569. The van der Waals surface area contributed by atoms with Gasteiger partial charge in [0.05, 0.1) is 12.2 Å². The second-order valence-corrected chi connectivity index (χ2v) is 4.78. The van der Waals surface area contributed by atoms with E-state index in [1.54, 1.807) is 0 Å². The molecule has 0 aromatic carbocycles. The number of aromatic nitrogens is 3. The molecule has 0 radical (unpaired) electrons. The number of hydrogen-bond acceptors (Lipinski definition) is 6. The Morgan fingerprint density at radius 1 is 1.10 bits per heavy atom. The summed E-state index contributed by atoms with van der Waals surface area (Å²) in [5.41, 5.74) is 1.98. The van der Waals surface area contributed by atoms with Gasteiger partial charge in [-0.3, -0.25) is 0 Å². The van der Waals surface area contributed by atoms with E-state index in [0.717, 1.165) is 35.8 Å². The van der Waals surface area contributed by atoms with Crippen molar-refractivity contribution in [2.75, 3.05) is 24.3 Å². The van der Waals surface area contributed by atoms with E-state index in [2.05, 4.69) is 34.3 Å². The molecule has 20 heavy (non-hydrogen) atoms. The maximum absolute atomic E-state index is 5.25. The third-order valence-corrected chi connectivity index (χ3v) is 2.94. The molecular weight excluding hydrogens is 254 g/mol. The number of hydrogen-bond donors (Lipinski definition) is 1. The molecule has 0 unspecified atom stereocenters. The molecule has 2 aromatic rings. The zero-order valence-electron chi connectivity index (χ0n) is 12.5. The van der Waals surface area contributed by atoms with E-state index < -0.39 is 0 Å². The lowest BCUT2D eigenvalue weighted by atomic mass is 10.3. The second-order valence-electron chi connectivity index (χ2n) is 4.78. The highest BCUT2D eigenvalue weighted by atomic mass is 16.5. The van der Waals surface area contributed by atoms with Gasteiger partial charge >= 0.3 is 0 Å². The molecule has 0 amide bonds. The summed E-state index contributed by atoms with van der Waals surface area (Å²) in [5.74, 6) is 2.32. The Morgan fingerprint density at radius 2 is 1.85 bits per heavy atom. The fraction of sp³-hybridized carbons (Fsp3) is 0.500. The average molecular weight is 275 g/mol. The number of anilines is 2. The first-order chi connectivity index (χ1) is 9.62. The zero-order valence-corrected chi connectivity index (χ0v) is 12.5. The molecular formula is C14H21N5O. The number of aryl methyl sites for hydroxylation is 2. The van der Waals surface area contributed by atoms with Gasteiger partial charge in [0.15, 0.2) is 5.76 Å². The zero-order chi connectivity index (χ0) is 14.5. The Labute approximate surface area is 119 Å². The Kier molecular flexibility index (Phi) is 4.55. The van der Waals surface area contributed by atoms with Gasteiger partial charge in [-0.25, -0.2) is 4.98 Å². The van der Waals surface area contributed by atoms with Gasteiger partial charge in [0.2, 0.25) is 5.95 Å². The fourth-order valence-electron chi connectivity index (χ4n) is 1.74. The van der Waals surface area contributed by atoms with Crippen LogP contribution in [0.3, 0.4) is 0 Å². The van der Waals surface area contributed by atoms with Crippen LogP contribution >= 0.6 is 0 Å². The summed E-state index contributed by atoms with van der Waals surface area (Å²) in [6, 6.07) is 3.92. The van der Waals surface area contributed by atoms with Gasteiger partial charge in [-0.15, -0.1) is 0 Å². The number of nitrogens with zero attached hydrogens (tertiary/aromatic N) is 4. The van der Waals surface area contributed by atoms with E-state index in [4.69, 9.17) is 4.52 Å². The molecule has 0 aliphatic heterocycles. The van der Waals surface area contributed by atoms with E-state index in [0.29, 0.717) is 12.5 Å². The summed E-state index contributed by atoms with van der Waals surface area (Å²) < 4.78 is 5.25. The third-order valence-electron chi connectivity index (χ3n) is 2.94. The van der Waals surface area contributed by atoms with Crippen molar-refractivity contribution in [2.45, 2.75) is 33.2 Å². The SMILES string of the molecule is CCc1cc(CNc2cc(CC)nc(N(C)C)n2)on1. The van der Waals surface area contributed by atoms with Crippen LogP contribution in [0.15, 0.2) is 16.7 Å². The Balaban J connectivity index is 2.10. The summed E-state index contributed by atoms with van der Waals surface area (Å²) in [6.45, 7) is 4.70. The Bertz CT molecular complexity index is 564. The largest absolute Gasteiger partial charge is 0.363 e. The lowest BCUT2D eigenvalue weighted by Gasteiger charge is -2.13. The van der Waals surface area contributed by atoms with E-state index in [-0.39, 0.29) is 0 Å². The highest BCUT2D eigenvalue weighted by Crippen LogP contribution is 2.14. The predicted octanol–water partition coefficient (Wildman–Crippen LogP) is 2.27. The third kappa shape index (κ3) is 3.46. The van der Waals surface area contributed by atoms with Crippen LogP contribution in [0.4, 0.5) is 11.8 Å². The summed E-state index contributed by atoms with van der Waals surface area (Å²) in [7, 11) is 3.87. The smallest absolute Gasteiger partial charge is 0.226 e. The lowest BCUT2D eigenvalue weighted by molar-refractivity contribution is 0.382. The second kappa shape index (κ2) is 6.36. The molecule has 6 nitrogen and oxygen atoms in total. The molecule has 0 atom stereocenters. The van der Waals surface area contributed by atoms with E-state index >= 15 is 0 Å². The van der Waals surface area contributed by atoms with Crippen LogP contribution in [0.1, 0.15) is 31.0 Å². The van der Waals surface area contributed by atoms with Crippen LogP contribution in [0.25, 0.3) is 0 Å². The molecule has 2 rings (SSSR count). The van der Waals surface area contributed by atoms with Crippen LogP contribution in [0.2, 0.25) is 0 Å². The monoisotopic (exact) mass is 275 g/mol. The van der Waals surface area contributed by atoms with Crippen molar-refractivity contribution >= 4 is 11.8 Å². The molecule has 1 N–H and O–H groups in total. The van der Waals surface area contributed by atoms with Crippen LogP contribution in [0.5, 0.6) is 0 Å². The first kappa shape index (κ1) is 14.3. The Morgan fingerprint density at radius 3 is 2.45 bits per heavy atom. The van der Waals surface area contributed by atoms with Gasteiger partial charge in [0.25, 0.3) is 0 Å². The van der Waals surface area contributed by atoms with Crippen molar-refractivity contribution in [3.8, 4) is 0 Å². The van der Waals surface area contributed by atoms with Crippen LogP contribution in [-0.2, 0) is 19.4 Å². The molecule has 108 valence electrons. The highest BCUT2D eigenvalue weighted by molar-refractivity contribution is 5.43. The number of rotatable bonds is 6. The maximum atomic E-state index is 5.25. The van der Waals surface area contributed by atoms with Gasteiger partial charge in [-0.2, -0.15) is 4.98 Å². The van der Waals surface area contributed by atoms with Gasteiger partial charge in [0.1, 0.15) is 5.82 Å². The molecule has 2 aromatic heterocycles. The van der Waals surface area contributed by atoms with Crippen molar-refractivity contribution < 1.29 is 4.52 Å². The van der Waals surface area contributed by atoms with Crippen molar-refractivity contribution in [1.29, 1.82) is 0 Å². The van der Waals surface area contributed by atoms with Crippen molar-refractivity contribution in [1.82, 2.24) is 15.1 Å². The first-order valence-corrected chi connectivity index (χ1v) is 6.86. The minimum atomic E-state index is 0.569. The van der Waals surface area contributed by atoms with Crippen molar-refractivity contribution in [2.24, 2.45) is 0 Å². The molecule has 6 heteroatoms. The maximum Gasteiger partial charge on any atom is 0.226 e. The summed E-state index contributed by atoms with van der Waals surface area (Å²) in [5, 5.41) is 7.23. The van der Waals surface area contributed by atoms with E-state index in [9.17, 15) is 0 Å². The van der Waals surface area contributed by atoms with Crippen LogP contribution in [0, 0.1) is 0 Å². The lowest BCUT2D eigenvalue weighted by Crippen LogP contribution is -2.15. The normalized spacial score (nSPS) is 10.6. The van der Waals surface area contributed by atoms with Gasteiger partial charge in [0, 0.05) is 31.9 Å². The fourth-order valence-corrected chi connectivity index (χ4v) is 1.74. The van der Waals surface area contributed by atoms with Gasteiger partial charge in [-0.05, 0) is 12.8 Å². The summed E-state index contributed by atoms with van der Waals surface area (Å²) in [6.07, 6.45) is 1.75. The van der Waals surface area contributed by atoms with Crippen LogP contribution in [-0.4, -0.2) is 29.2 Å². The quantitative estimate of drug-likeness (QED) is 0.872.